The van der Waals surface area contributed by atoms with Crippen molar-refractivity contribution in [2.45, 2.75) is 69.5 Å². The first-order valence-electron chi connectivity index (χ1n) is 10.9. The average molecular weight is 480 g/mol. The van der Waals surface area contributed by atoms with Crippen LogP contribution >= 0.6 is 11.3 Å². The third kappa shape index (κ3) is 6.76. The highest BCUT2D eigenvalue weighted by Crippen LogP contribution is 2.31. The van der Waals surface area contributed by atoms with E-state index in [2.05, 4.69) is 17.6 Å². The molecule has 1 unspecified atom stereocenters. The molecule has 0 radical (unpaired) electrons. The molecule has 2 heterocycles. The van der Waals surface area contributed by atoms with Gasteiger partial charge in [-0.15, -0.1) is 11.3 Å². The Labute approximate surface area is 195 Å². The number of nitrogens with zero attached hydrogens (tertiary/aromatic N) is 2. The number of aromatic nitrogens is 1. The number of hydrogen-bond donors (Lipinski definition) is 1. The summed E-state index contributed by atoms with van der Waals surface area (Å²) in [7, 11) is -3.18. The summed E-state index contributed by atoms with van der Waals surface area (Å²) >= 11 is 1.68. The number of thiazole rings is 1. The zero-order valence-electron chi connectivity index (χ0n) is 19.4. The summed E-state index contributed by atoms with van der Waals surface area (Å²) in [5.41, 5.74) is 1.56. The van der Waals surface area contributed by atoms with E-state index in [0.717, 1.165) is 29.1 Å². The molecule has 1 amide bonds. The molecule has 1 saturated heterocycles. The first-order chi connectivity index (χ1) is 14.9. The van der Waals surface area contributed by atoms with Gasteiger partial charge in [0.25, 0.3) is 0 Å². The number of carbonyl (C=O) groups is 1. The van der Waals surface area contributed by atoms with Crippen LogP contribution in [0.15, 0.2) is 34.5 Å². The quantitative estimate of drug-likeness (QED) is 0.656. The Balaban J connectivity index is 1.49. The van der Waals surface area contributed by atoms with Crippen molar-refractivity contribution in [3.05, 3.63) is 45.9 Å². The van der Waals surface area contributed by atoms with Gasteiger partial charge in [0.1, 0.15) is 5.60 Å². The van der Waals surface area contributed by atoms with Crippen molar-refractivity contribution in [2.75, 3.05) is 19.3 Å². The van der Waals surface area contributed by atoms with Crippen LogP contribution in [-0.4, -0.2) is 49.3 Å². The zero-order chi connectivity index (χ0) is 23.5. The van der Waals surface area contributed by atoms with Gasteiger partial charge in [0.2, 0.25) is 0 Å². The molecule has 0 bridgehead atoms. The molecule has 0 aliphatic carbocycles. The molecule has 1 aromatic carbocycles. The van der Waals surface area contributed by atoms with Crippen LogP contribution in [0.1, 0.15) is 68.8 Å². The van der Waals surface area contributed by atoms with Crippen LogP contribution in [0.5, 0.6) is 0 Å². The lowest BCUT2D eigenvalue weighted by Gasteiger charge is -2.32. The van der Waals surface area contributed by atoms with Crippen molar-refractivity contribution >= 4 is 27.3 Å². The summed E-state index contributed by atoms with van der Waals surface area (Å²) in [6.07, 6.45) is 2.76. The molecule has 1 N–H and O–H groups in total. The number of nitrogens with one attached hydrogen (secondary N) is 1. The number of amides is 1. The molecular formula is C23H33N3O4S2. The van der Waals surface area contributed by atoms with Gasteiger partial charge in [0.05, 0.1) is 15.6 Å². The number of piperidine rings is 1. The van der Waals surface area contributed by atoms with Crippen LogP contribution in [0, 0.1) is 0 Å². The summed E-state index contributed by atoms with van der Waals surface area (Å²) in [6, 6.07) is 7.06. The normalized spacial score (nSPS) is 16.7. The summed E-state index contributed by atoms with van der Waals surface area (Å²) in [5, 5.41) is 6.67. The van der Waals surface area contributed by atoms with Crippen LogP contribution < -0.4 is 5.32 Å². The van der Waals surface area contributed by atoms with Crippen LogP contribution in [0.25, 0.3) is 0 Å². The van der Waals surface area contributed by atoms with Gasteiger partial charge in [-0.2, -0.15) is 0 Å². The van der Waals surface area contributed by atoms with Gasteiger partial charge in [-0.25, -0.2) is 18.2 Å². The fourth-order valence-electron chi connectivity index (χ4n) is 3.61. The van der Waals surface area contributed by atoms with Crippen molar-refractivity contribution in [3.8, 4) is 0 Å². The number of likely N-dealkylation sites (tertiary alicyclic amines) is 1. The number of rotatable bonds is 6. The first kappa shape index (κ1) is 24.7. The lowest BCUT2D eigenvalue weighted by atomic mass is 9.98. The molecule has 7 nitrogen and oxygen atoms in total. The van der Waals surface area contributed by atoms with E-state index in [9.17, 15) is 13.2 Å². The lowest BCUT2D eigenvalue weighted by Crippen LogP contribution is -2.41. The SMILES string of the molecule is CC(NCc1csc(C2CCN(C(=O)OC(C)(C)C)CC2)n1)c1ccc(S(C)(=O)=O)cc1. The van der Waals surface area contributed by atoms with E-state index in [0.29, 0.717) is 30.4 Å². The molecule has 1 aromatic heterocycles. The highest BCUT2D eigenvalue weighted by atomic mass is 32.2. The van der Waals surface area contributed by atoms with Crippen molar-refractivity contribution in [2.24, 2.45) is 0 Å². The van der Waals surface area contributed by atoms with Gasteiger partial charge in [-0.1, -0.05) is 12.1 Å². The summed E-state index contributed by atoms with van der Waals surface area (Å²) in [5.74, 6) is 0.369. The maximum absolute atomic E-state index is 12.2. The van der Waals surface area contributed by atoms with E-state index in [-0.39, 0.29) is 12.1 Å². The van der Waals surface area contributed by atoms with Crippen LogP contribution in [-0.2, 0) is 21.1 Å². The third-order valence-electron chi connectivity index (χ3n) is 5.46. The predicted molar refractivity (Wildman–Crippen MR) is 127 cm³/mol. The first-order valence-corrected chi connectivity index (χ1v) is 13.6. The Morgan fingerprint density at radius 1 is 1.25 bits per heavy atom. The Morgan fingerprint density at radius 2 is 1.88 bits per heavy atom. The lowest BCUT2D eigenvalue weighted by molar-refractivity contribution is 0.0204. The van der Waals surface area contributed by atoms with Gasteiger partial charge < -0.3 is 15.0 Å². The number of ether oxygens (including phenoxy) is 1. The maximum atomic E-state index is 12.2. The molecule has 1 aliphatic heterocycles. The van der Waals surface area contributed by atoms with Crippen LogP contribution in [0.4, 0.5) is 4.79 Å². The number of hydrogen-bond acceptors (Lipinski definition) is 7. The minimum Gasteiger partial charge on any atom is -0.444 e. The standard InChI is InChI=1S/C23H33N3O4S2/c1-16(17-6-8-20(9-7-17)32(5,28)29)24-14-19-15-31-21(25-19)18-10-12-26(13-11-18)22(27)30-23(2,3)4/h6-9,15-16,18,24H,10-14H2,1-5H3. The Bertz CT molecular complexity index is 1020. The Kier molecular flexibility index (Phi) is 7.62. The molecule has 9 heteroatoms. The molecule has 3 rings (SSSR count). The summed E-state index contributed by atoms with van der Waals surface area (Å²) in [6.45, 7) is 9.72. The molecule has 1 atom stereocenters. The minimum atomic E-state index is -3.18. The Hall–Kier alpha value is -1.97. The second kappa shape index (κ2) is 9.89. The minimum absolute atomic E-state index is 0.0748. The fraction of sp³-hybridized carbons (Fsp3) is 0.565. The van der Waals surface area contributed by atoms with Crippen molar-refractivity contribution in [3.63, 3.8) is 0 Å². The van der Waals surface area contributed by atoms with E-state index in [1.807, 2.05) is 32.9 Å². The van der Waals surface area contributed by atoms with Crippen molar-refractivity contribution < 1.29 is 17.9 Å². The maximum Gasteiger partial charge on any atom is 0.410 e. The van der Waals surface area contributed by atoms with Gasteiger partial charge in [0.15, 0.2) is 9.84 Å². The van der Waals surface area contributed by atoms with Gasteiger partial charge in [-0.3, -0.25) is 0 Å². The Morgan fingerprint density at radius 3 is 2.44 bits per heavy atom. The number of sulfone groups is 1. The fourth-order valence-corrected chi connectivity index (χ4v) is 5.23. The van der Waals surface area contributed by atoms with Gasteiger partial charge in [0, 0.05) is 43.2 Å². The number of benzene rings is 1. The second-order valence-electron chi connectivity index (χ2n) is 9.36. The monoisotopic (exact) mass is 479 g/mol. The van der Waals surface area contributed by atoms with Crippen LogP contribution in [0.3, 0.4) is 0 Å². The zero-order valence-corrected chi connectivity index (χ0v) is 21.1. The highest BCUT2D eigenvalue weighted by Gasteiger charge is 2.28. The predicted octanol–water partition coefficient (Wildman–Crippen LogP) is 4.51. The smallest absolute Gasteiger partial charge is 0.410 e. The largest absolute Gasteiger partial charge is 0.444 e. The van der Waals surface area contributed by atoms with Gasteiger partial charge >= 0.3 is 6.09 Å². The molecule has 0 spiro atoms. The van der Waals surface area contributed by atoms with Crippen LogP contribution in [0.2, 0.25) is 0 Å². The van der Waals surface area contributed by atoms with E-state index in [1.54, 1.807) is 28.4 Å². The van der Waals surface area contributed by atoms with E-state index in [4.69, 9.17) is 9.72 Å². The van der Waals surface area contributed by atoms with E-state index in [1.165, 1.54) is 6.26 Å². The second-order valence-corrected chi connectivity index (χ2v) is 12.3. The highest BCUT2D eigenvalue weighted by molar-refractivity contribution is 7.90. The van der Waals surface area contributed by atoms with Crippen molar-refractivity contribution in [1.82, 2.24) is 15.2 Å². The molecule has 32 heavy (non-hydrogen) atoms. The average Bonchev–Trinajstić information content (AvgIpc) is 3.19. The van der Waals surface area contributed by atoms with Crippen molar-refractivity contribution in [1.29, 1.82) is 0 Å². The molecule has 1 fully saturated rings. The van der Waals surface area contributed by atoms with E-state index < -0.39 is 15.4 Å². The molecule has 176 valence electrons. The van der Waals surface area contributed by atoms with E-state index >= 15 is 0 Å². The molecule has 2 aromatic rings. The summed E-state index contributed by atoms with van der Waals surface area (Å²) in [4.78, 5) is 19.2. The molecule has 1 aliphatic rings. The third-order valence-corrected chi connectivity index (χ3v) is 7.65. The molecular weight excluding hydrogens is 446 g/mol. The topological polar surface area (TPSA) is 88.6 Å². The summed E-state index contributed by atoms with van der Waals surface area (Å²) < 4.78 is 28.7. The molecule has 0 saturated carbocycles. The number of carbonyl (C=O) groups excluding carboxylic acids is 1. The van der Waals surface area contributed by atoms with Gasteiger partial charge in [-0.05, 0) is 58.2 Å².